The molecule has 0 fully saturated rings. The minimum Gasteiger partial charge on any atom is -0.385 e. The Hall–Kier alpha value is -1.46. The van der Waals surface area contributed by atoms with Crippen molar-refractivity contribution in [3.8, 4) is 0 Å². The van der Waals surface area contributed by atoms with Crippen LogP contribution in [-0.4, -0.2) is 20.3 Å². The van der Waals surface area contributed by atoms with Crippen molar-refractivity contribution in [2.75, 3.05) is 0 Å². The van der Waals surface area contributed by atoms with Crippen molar-refractivity contribution < 1.29 is 9.50 Å². The second-order valence-electron chi connectivity index (χ2n) is 3.33. The van der Waals surface area contributed by atoms with Gasteiger partial charge in [-0.25, -0.2) is 9.37 Å². The van der Waals surface area contributed by atoms with Crippen molar-refractivity contribution in [3.05, 3.63) is 46.8 Å². The molecule has 2 N–H and O–H groups in total. The third-order valence-corrected chi connectivity index (χ3v) is 2.53. The highest BCUT2D eigenvalue weighted by Crippen LogP contribution is 2.22. The quantitative estimate of drug-likeness (QED) is 0.863. The van der Waals surface area contributed by atoms with Gasteiger partial charge in [-0.2, -0.15) is 5.10 Å². The van der Waals surface area contributed by atoms with Crippen LogP contribution in [0.15, 0.2) is 24.5 Å². The Labute approximate surface area is 96.1 Å². The Balaban J connectivity index is 2.15. The average Bonchev–Trinajstić information content (AvgIpc) is 2.75. The molecule has 1 atom stereocenters. The monoisotopic (exact) mass is 241 g/mol. The molecule has 1 aromatic carbocycles. The number of aromatic nitrogens is 3. The number of nitrogens with one attached hydrogen (secondary N) is 1. The topological polar surface area (TPSA) is 61.8 Å². The average molecular weight is 242 g/mol. The molecule has 1 heterocycles. The summed E-state index contributed by atoms with van der Waals surface area (Å²) in [7, 11) is 0. The van der Waals surface area contributed by atoms with Gasteiger partial charge in [-0.15, -0.1) is 0 Å². The highest BCUT2D eigenvalue weighted by atomic mass is 35.5. The molecule has 0 amide bonds. The number of nitrogens with zero attached hydrogens (tertiary/aromatic N) is 2. The molecule has 0 aliphatic carbocycles. The van der Waals surface area contributed by atoms with Gasteiger partial charge in [0.25, 0.3) is 0 Å². The first-order chi connectivity index (χ1) is 7.66. The Morgan fingerprint density at radius 3 is 2.94 bits per heavy atom. The molecule has 84 valence electrons. The molecule has 2 aromatic rings. The van der Waals surface area contributed by atoms with E-state index in [-0.39, 0.29) is 6.42 Å². The minimum atomic E-state index is -0.828. The lowest BCUT2D eigenvalue weighted by molar-refractivity contribution is 0.169. The molecule has 1 unspecified atom stereocenters. The smallest absolute Gasteiger partial charge is 0.153 e. The van der Waals surface area contributed by atoms with Gasteiger partial charge in [-0.1, -0.05) is 17.7 Å². The zero-order chi connectivity index (χ0) is 11.5. The van der Waals surface area contributed by atoms with Gasteiger partial charge in [0.2, 0.25) is 0 Å². The van der Waals surface area contributed by atoms with Crippen LogP contribution in [0.25, 0.3) is 0 Å². The second-order valence-corrected chi connectivity index (χ2v) is 3.73. The third-order valence-electron chi connectivity index (χ3n) is 2.18. The molecular formula is C10H9ClFN3O. The van der Waals surface area contributed by atoms with E-state index in [2.05, 4.69) is 15.2 Å². The second kappa shape index (κ2) is 4.59. The van der Waals surface area contributed by atoms with Crippen molar-refractivity contribution in [2.45, 2.75) is 12.5 Å². The highest BCUT2D eigenvalue weighted by molar-refractivity contribution is 6.31. The zero-order valence-corrected chi connectivity index (χ0v) is 8.95. The lowest BCUT2D eigenvalue weighted by Crippen LogP contribution is -2.04. The van der Waals surface area contributed by atoms with E-state index in [0.29, 0.717) is 16.4 Å². The molecule has 0 radical (unpaired) electrons. The summed E-state index contributed by atoms with van der Waals surface area (Å²) in [5.74, 6) is -0.0386. The number of rotatable bonds is 3. The molecule has 0 bridgehead atoms. The van der Waals surface area contributed by atoms with Crippen LogP contribution < -0.4 is 0 Å². The summed E-state index contributed by atoms with van der Waals surface area (Å²) in [6.45, 7) is 0. The van der Waals surface area contributed by atoms with Crippen molar-refractivity contribution in [3.63, 3.8) is 0 Å². The number of H-pyrrole nitrogens is 1. The van der Waals surface area contributed by atoms with Crippen molar-refractivity contribution >= 4 is 11.6 Å². The van der Waals surface area contributed by atoms with Crippen molar-refractivity contribution in [1.29, 1.82) is 0 Å². The van der Waals surface area contributed by atoms with E-state index in [1.54, 1.807) is 0 Å². The van der Waals surface area contributed by atoms with E-state index in [0.717, 1.165) is 0 Å². The predicted octanol–water partition coefficient (Wildman–Crippen LogP) is 1.87. The zero-order valence-electron chi connectivity index (χ0n) is 8.19. The van der Waals surface area contributed by atoms with Gasteiger partial charge in [-0.3, -0.25) is 5.10 Å². The summed E-state index contributed by atoms with van der Waals surface area (Å²) < 4.78 is 12.8. The number of aliphatic hydroxyl groups excluding tert-OH is 1. The van der Waals surface area contributed by atoms with Gasteiger partial charge in [0.1, 0.15) is 18.2 Å². The first kappa shape index (κ1) is 11.0. The number of benzene rings is 1. The van der Waals surface area contributed by atoms with Gasteiger partial charge >= 0.3 is 0 Å². The molecule has 16 heavy (non-hydrogen) atoms. The van der Waals surface area contributed by atoms with Gasteiger partial charge in [0, 0.05) is 11.4 Å². The predicted molar refractivity (Wildman–Crippen MR) is 56.5 cm³/mol. The lowest BCUT2D eigenvalue weighted by Gasteiger charge is -2.08. The molecule has 2 rings (SSSR count). The summed E-state index contributed by atoms with van der Waals surface area (Å²) in [6.07, 6.45) is 0.740. The van der Waals surface area contributed by atoms with Crippen LogP contribution in [0.2, 0.25) is 5.02 Å². The Kier molecular flexibility index (Phi) is 3.17. The van der Waals surface area contributed by atoms with Gasteiger partial charge in [0.15, 0.2) is 5.82 Å². The van der Waals surface area contributed by atoms with Crippen LogP contribution in [0.3, 0.4) is 0 Å². The van der Waals surface area contributed by atoms with E-state index in [1.165, 1.54) is 24.5 Å². The van der Waals surface area contributed by atoms with Crippen LogP contribution in [0.1, 0.15) is 17.5 Å². The van der Waals surface area contributed by atoms with Gasteiger partial charge in [0.05, 0.1) is 0 Å². The maximum absolute atomic E-state index is 12.8. The number of aliphatic hydroxyl groups is 1. The standard InChI is InChI=1S/C10H9ClFN3O/c11-8-4-7(12)2-1-6(8)3-9(16)10-13-5-14-15-10/h1-2,4-5,9,16H,3H2,(H,13,14,15). The largest absolute Gasteiger partial charge is 0.385 e. The van der Waals surface area contributed by atoms with Crippen molar-refractivity contribution in [2.24, 2.45) is 0 Å². The van der Waals surface area contributed by atoms with Crippen LogP contribution >= 0.6 is 11.6 Å². The summed E-state index contributed by atoms with van der Waals surface area (Å²) in [6, 6.07) is 4.05. The summed E-state index contributed by atoms with van der Waals surface area (Å²) in [5, 5.41) is 16.3. The fourth-order valence-corrected chi connectivity index (χ4v) is 1.61. The fraction of sp³-hybridized carbons (Fsp3) is 0.200. The van der Waals surface area contributed by atoms with E-state index < -0.39 is 11.9 Å². The van der Waals surface area contributed by atoms with Gasteiger partial charge < -0.3 is 5.11 Å². The molecule has 4 nitrogen and oxygen atoms in total. The lowest BCUT2D eigenvalue weighted by atomic mass is 10.1. The first-order valence-electron chi connectivity index (χ1n) is 4.64. The highest BCUT2D eigenvalue weighted by Gasteiger charge is 2.13. The molecule has 0 saturated carbocycles. The Bertz CT molecular complexity index is 475. The van der Waals surface area contributed by atoms with E-state index in [4.69, 9.17) is 11.6 Å². The summed E-state index contributed by atoms with van der Waals surface area (Å²) >= 11 is 5.84. The fourth-order valence-electron chi connectivity index (χ4n) is 1.37. The number of halogens is 2. The van der Waals surface area contributed by atoms with Gasteiger partial charge in [-0.05, 0) is 17.7 Å². The maximum atomic E-state index is 12.8. The van der Waals surface area contributed by atoms with Crippen LogP contribution in [0, 0.1) is 5.82 Å². The van der Waals surface area contributed by atoms with Crippen LogP contribution in [-0.2, 0) is 6.42 Å². The third kappa shape index (κ3) is 2.37. The van der Waals surface area contributed by atoms with E-state index in [9.17, 15) is 9.50 Å². The summed E-state index contributed by atoms with van der Waals surface area (Å²) in [4.78, 5) is 3.83. The Morgan fingerprint density at radius 1 is 1.50 bits per heavy atom. The molecule has 0 aliphatic heterocycles. The van der Waals surface area contributed by atoms with Crippen LogP contribution in [0.5, 0.6) is 0 Å². The molecule has 0 aliphatic rings. The Morgan fingerprint density at radius 2 is 2.31 bits per heavy atom. The van der Waals surface area contributed by atoms with E-state index >= 15 is 0 Å². The van der Waals surface area contributed by atoms with E-state index in [1.807, 2.05) is 0 Å². The number of hydrogen-bond donors (Lipinski definition) is 2. The SMILES string of the molecule is OC(Cc1ccc(F)cc1Cl)c1ncn[nH]1. The number of hydrogen-bond acceptors (Lipinski definition) is 3. The number of aromatic amines is 1. The minimum absolute atomic E-state index is 0.258. The molecule has 0 saturated heterocycles. The molecular weight excluding hydrogens is 233 g/mol. The molecule has 6 heteroatoms. The molecule has 1 aromatic heterocycles. The maximum Gasteiger partial charge on any atom is 0.153 e. The van der Waals surface area contributed by atoms with Crippen molar-refractivity contribution in [1.82, 2.24) is 15.2 Å². The van der Waals surface area contributed by atoms with Crippen LogP contribution in [0.4, 0.5) is 4.39 Å². The normalized spacial score (nSPS) is 12.7. The first-order valence-corrected chi connectivity index (χ1v) is 5.02. The summed E-state index contributed by atoms with van der Waals surface area (Å²) in [5.41, 5.74) is 0.659. The molecule has 0 spiro atoms.